The summed E-state index contributed by atoms with van der Waals surface area (Å²) in [6, 6.07) is 12.3. The quantitative estimate of drug-likeness (QED) is 0.724. The van der Waals surface area contributed by atoms with Gasteiger partial charge in [-0.15, -0.1) is 0 Å². The SMILES string of the molecule is Cc1ccc(Cn2c(C(=O)NCCN3CCCC3)cc3oc(C)cc32)cc1. The number of fused-ring (bicyclic) bond motifs is 1. The predicted molar refractivity (Wildman–Crippen MR) is 107 cm³/mol. The Labute approximate surface area is 159 Å². The molecule has 0 radical (unpaired) electrons. The summed E-state index contributed by atoms with van der Waals surface area (Å²) < 4.78 is 7.83. The first-order valence-electron chi connectivity index (χ1n) is 9.76. The number of carbonyl (C=O) groups is 1. The number of likely N-dealkylation sites (tertiary alicyclic amines) is 1. The smallest absolute Gasteiger partial charge is 0.268 e. The molecule has 5 nitrogen and oxygen atoms in total. The van der Waals surface area contributed by atoms with Crippen LogP contribution in [-0.2, 0) is 6.54 Å². The van der Waals surface area contributed by atoms with Crippen molar-refractivity contribution >= 4 is 17.0 Å². The molecule has 1 fully saturated rings. The van der Waals surface area contributed by atoms with Gasteiger partial charge >= 0.3 is 0 Å². The maximum atomic E-state index is 12.8. The fourth-order valence-electron chi connectivity index (χ4n) is 3.82. The van der Waals surface area contributed by atoms with Crippen LogP contribution in [0.5, 0.6) is 0 Å². The first kappa shape index (κ1) is 17.9. The second kappa shape index (κ2) is 7.61. The van der Waals surface area contributed by atoms with E-state index in [-0.39, 0.29) is 5.91 Å². The number of aryl methyl sites for hydroxylation is 2. The molecule has 0 unspecified atom stereocenters. The summed E-state index contributed by atoms with van der Waals surface area (Å²) in [5.74, 6) is 0.823. The van der Waals surface area contributed by atoms with Gasteiger partial charge in [0.05, 0.1) is 5.52 Å². The third-order valence-electron chi connectivity index (χ3n) is 5.32. The molecule has 3 aromatic rings. The lowest BCUT2D eigenvalue weighted by Gasteiger charge is -2.15. The number of rotatable bonds is 6. The van der Waals surface area contributed by atoms with E-state index in [0.717, 1.165) is 36.5 Å². The monoisotopic (exact) mass is 365 g/mol. The summed E-state index contributed by atoms with van der Waals surface area (Å²) in [5.41, 5.74) is 4.80. The molecule has 142 valence electrons. The Morgan fingerprint density at radius 2 is 1.85 bits per heavy atom. The van der Waals surface area contributed by atoms with Gasteiger partial charge in [-0.25, -0.2) is 0 Å². The number of benzene rings is 1. The molecule has 3 heterocycles. The maximum Gasteiger partial charge on any atom is 0.268 e. The Bertz CT molecular complexity index is 931. The molecule has 1 amide bonds. The van der Waals surface area contributed by atoms with Gasteiger partial charge in [-0.1, -0.05) is 29.8 Å². The first-order chi connectivity index (χ1) is 13.1. The van der Waals surface area contributed by atoms with Gasteiger partial charge in [-0.05, 0) is 45.3 Å². The van der Waals surface area contributed by atoms with Crippen molar-refractivity contribution < 1.29 is 9.21 Å². The van der Waals surface area contributed by atoms with Crippen LogP contribution in [0.4, 0.5) is 0 Å². The molecular formula is C22H27N3O2. The average molecular weight is 365 g/mol. The molecule has 5 heteroatoms. The lowest BCUT2D eigenvalue weighted by Crippen LogP contribution is -2.34. The lowest BCUT2D eigenvalue weighted by atomic mass is 10.1. The number of amides is 1. The van der Waals surface area contributed by atoms with Gasteiger partial charge in [0.2, 0.25) is 0 Å². The second-order valence-electron chi connectivity index (χ2n) is 7.51. The maximum absolute atomic E-state index is 12.8. The molecule has 1 N–H and O–H groups in total. The Balaban J connectivity index is 1.54. The van der Waals surface area contributed by atoms with Crippen LogP contribution in [0.3, 0.4) is 0 Å². The molecule has 0 spiro atoms. The molecule has 0 bridgehead atoms. The summed E-state index contributed by atoms with van der Waals surface area (Å²) >= 11 is 0. The summed E-state index contributed by atoms with van der Waals surface area (Å²) in [6.07, 6.45) is 2.53. The zero-order valence-corrected chi connectivity index (χ0v) is 16.1. The second-order valence-corrected chi connectivity index (χ2v) is 7.51. The van der Waals surface area contributed by atoms with Crippen molar-refractivity contribution in [3.63, 3.8) is 0 Å². The van der Waals surface area contributed by atoms with Crippen LogP contribution in [0.1, 0.15) is 40.2 Å². The zero-order chi connectivity index (χ0) is 18.8. The Hall–Kier alpha value is -2.53. The largest absolute Gasteiger partial charge is 0.460 e. The first-order valence-corrected chi connectivity index (χ1v) is 9.76. The molecule has 0 atom stereocenters. The van der Waals surface area contributed by atoms with E-state index in [1.54, 1.807) is 0 Å². The third kappa shape index (κ3) is 3.93. The standard InChI is InChI=1S/C22H27N3O2/c1-16-5-7-18(8-6-16)15-25-19-13-17(2)27-21(19)14-20(25)22(26)23-9-12-24-10-3-4-11-24/h5-8,13-14H,3-4,9-12,15H2,1-2H3,(H,23,26). The van der Waals surface area contributed by atoms with Crippen LogP contribution < -0.4 is 5.32 Å². The third-order valence-corrected chi connectivity index (χ3v) is 5.32. The van der Waals surface area contributed by atoms with Gasteiger partial charge in [0.25, 0.3) is 5.91 Å². The highest BCUT2D eigenvalue weighted by Crippen LogP contribution is 2.25. The highest BCUT2D eigenvalue weighted by molar-refractivity contribution is 5.97. The minimum atomic E-state index is -0.0367. The highest BCUT2D eigenvalue weighted by atomic mass is 16.3. The van der Waals surface area contributed by atoms with E-state index in [4.69, 9.17) is 4.42 Å². The van der Waals surface area contributed by atoms with Crippen LogP contribution in [-0.4, -0.2) is 41.6 Å². The van der Waals surface area contributed by atoms with Crippen LogP contribution in [0.2, 0.25) is 0 Å². The Morgan fingerprint density at radius 3 is 2.59 bits per heavy atom. The van der Waals surface area contributed by atoms with Crippen LogP contribution in [0.25, 0.3) is 11.1 Å². The van der Waals surface area contributed by atoms with Crippen molar-refractivity contribution in [2.45, 2.75) is 33.2 Å². The molecule has 1 aliphatic rings. The van der Waals surface area contributed by atoms with Crippen molar-refractivity contribution in [3.05, 3.63) is 59.0 Å². The molecule has 4 rings (SSSR count). The number of nitrogens with zero attached hydrogens (tertiary/aromatic N) is 2. The van der Waals surface area contributed by atoms with Gasteiger partial charge in [-0.3, -0.25) is 4.79 Å². The van der Waals surface area contributed by atoms with E-state index >= 15 is 0 Å². The summed E-state index contributed by atoms with van der Waals surface area (Å²) in [6.45, 7) is 8.55. The topological polar surface area (TPSA) is 50.4 Å². The minimum Gasteiger partial charge on any atom is -0.460 e. The normalized spacial score (nSPS) is 14.9. The van der Waals surface area contributed by atoms with Crippen LogP contribution >= 0.6 is 0 Å². The number of furan rings is 1. The summed E-state index contributed by atoms with van der Waals surface area (Å²) in [7, 11) is 0. The molecule has 0 saturated carbocycles. The van der Waals surface area contributed by atoms with E-state index in [1.807, 2.05) is 19.1 Å². The fraction of sp³-hybridized carbons (Fsp3) is 0.409. The molecule has 1 aromatic carbocycles. The lowest BCUT2D eigenvalue weighted by molar-refractivity contribution is 0.0941. The average Bonchev–Trinajstić information content (AvgIpc) is 3.35. The van der Waals surface area contributed by atoms with Crippen molar-refractivity contribution in [3.8, 4) is 0 Å². The predicted octanol–water partition coefficient (Wildman–Crippen LogP) is 3.73. The van der Waals surface area contributed by atoms with Gasteiger partial charge in [-0.2, -0.15) is 0 Å². The van der Waals surface area contributed by atoms with Crippen LogP contribution in [0.15, 0.2) is 40.8 Å². The zero-order valence-electron chi connectivity index (χ0n) is 16.1. The highest BCUT2D eigenvalue weighted by Gasteiger charge is 2.19. The van der Waals surface area contributed by atoms with Gasteiger partial charge < -0.3 is 19.2 Å². The molecule has 27 heavy (non-hydrogen) atoms. The number of hydrogen-bond donors (Lipinski definition) is 1. The molecule has 0 aliphatic carbocycles. The van der Waals surface area contributed by atoms with E-state index in [0.29, 0.717) is 18.8 Å². The summed E-state index contributed by atoms with van der Waals surface area (Å²) in [4.78, 5) is 15.2. The molecular weight excluding hydrogens is 338 g/mol. The van der Waals surface area contributed by atoms with Crippen molar-refractivity contribution in [2.24, 2.45) is 0 Å². The minimum absolute atomic E-state index is 0.0367. The van der Waals surface area contributed by atoms with Crippen molar-refractivity contribution in [2.75, 3.05) is 26.2 Å². The number of nitrogens with one attached hydrogen (secondary N) is 1. The molecule has 1 aliphatic heterocycles. The van der Waals surface area contributed by atoms with Gasteiger partial charge in [0, 0.05) is 31.8 Å². The number of carbonyl (C=O) groups excluding carboxylic acids is 1. The fourth-order valence-corrected chi connectivity index (χ4v) is 3.82. The Morgan fingerprint density at radius 1 is 1.11 bits per heavy atom. The molecule has 2 aromatic heterocycles. The van der Waals surface area contributed by atoms with Gasteiger partial charge in [0.15, 0.2) is 5.58 Å². The molecule has 1 saturated heterocycles. The van der Waals surface area contributed by atoms with Crippen molar-refractivity contribution in [1.29, 1.82) is 0 Å². The van der Waals surface area contributed by atoms with Crippen LogP contribution in [0, 0.1) is 13.8 Å². The van der Waals surface area contributed by atoms with E-state index in [1.165, 1.54) is 24.0 Å². The van der Waals surface area contributed by atoms with E-state index < -0.39 is 0 Å². The Kier molecular flexibility index (Phi) is 5.03. The number of aromatic nitrogens is 1. The summed E-state index contributed by atoms with van der Waals surface area (Å²) in [5, 5.41) is 3.08. The van der Waals surface area contributed by atoms with E-state index in [2.05, 4.69) is 46.0 Å². The number of hydrogen-bond acceptors (Lipinski definition) is 3. The van der Waals surface area contributed by atoms with E-state index in [9.17, 15) is 4.79 Å². The van der Waals surface area contributed by atoms with Crippen molar-refractivity contribution in [1.82, 2.24) is 14.8 Å². The van der Waals surface area contributed by atoms with Gasteiger partial charge in [0.1, 0.15) is 11.5 Å².